The highest BCUT2D eigenvalue weighted by atomic mass is 32.2. The fourth-order valence-electron chi connectivity index (χ4n) is 2.83. The molecule has 2 aromatic carbocycles. The van der Waals surface area contributed by atoms with E-state index >= 15 is 0 Å². The van der Waals surface area contributed by atoms with Crippen LogP contribution in [0.25, 0.3) is 11.4 Å². The van der Waals surface area contributed by atoms with Crippen LogP contribution in [0.3, 0.4) is 0 Å². The Morgan fingerprint density at radius 3 is 2.66 bits per heavy atom. The van der Waals surface area contributed by atoms with Crippen molar-refractivity contribution in [3.05, 3.63) is 65.5 Å². The molecule has 1 aliphatic heterocycles. The first-order valence-corrected chi connectivity index (χ1v) is 10.1. The predicted molar refractivity (Wildman–Crippen MR) is 102 cm³/mol. The second-order valence-corrected chi connectivity index (χ2v) is 7.90. The van der Waals surface area contributed by atoms with Gasteiger partial charge >= 0.3 is 5.97 Å². The summed E-state index contributed by atoms with van der Waals surface area (Å²) in [7, 11) is -3.65. The molecule has 0 radical (unpaired) electrons. The third-order valence-electron chi connectivity index (χ3n) is 4.24. The Labute approximate surface area is 166 Å². The Morgan fingerprint density at radius 1 is 1.14 bits per heavy atom. The number of esters is 1. The molecule has 0 spiro atoms. The van der Waals surface area contributed by atoms with Crippen molar-refractivity contribution in [3.63, 3.8) is 0 Å². The molecule has 0 bridgehead atoms. The van der Waals surface area contributed by atoms with Gasteiger partial charge in [-0.05, 0) is 24.6 Å². The molecule has 0 amide bonds. The first-order valence-electron chi connectivity index (χ1n) is 8.65. The number of nitrogens with one attached hydrogen (secondary N) is 1. The number of amidine groups is 1. The van der Waals surface area contributed by atoms with Crippen molar-refractivity contribution >= 4 is 21.8 Å². The van der Waals surface area contributed by atoms with E-state index in [1.54, 1.807) is 18.2 Å². The van der Waals surface area contributed by atoms with Gasteiger partial charge in [-0.1, -0.05) is 41.6 Å². The number of aromatic nitrogens is 2. The highest BCUT2D eigenvalue weighted by Gasteiger charge is 2.30. The number of rotatable bonds is 5. The van der Waals surface area contributed by atoms with Gasteiger partial charge in [0.2, 0.25) is 5.82 Å². The maximum absolute atomic E-state index is 12.0. The predicted octanol–water partition coefficient (Wildman–Crippen LogP) is 1.83. The van der Waals surface area contributed by atoms with Crippen LogP contribution in [0.1, 0.15) is 17.0 Å². The monoisotopic (exact) mass is 412 g/mol. The van der Waals surface area contributed by atoms with E-state index in [9.17, 15) is 13.2 Å². The number of fused-ring (bicyclic) bond motifs is 1. The molecule has 1 aliphatic rings. The number of nitrogens with zero attached hydrogens (tertiary/aromatic N) is 3. The largest absolute Gasteiger partial charge is 0.454 e. The van der Waals surface area contributed by atoms with Gasteiger partial charge in [0.15, 0.2) is 6.61 Å². The zero-order valence-corrected chi connectivity index (χ0v) is 16.1. The van der Waals surface area contributed by atoms with Gasteiger partial charge < -0.3 is 9.26 Å². The van der Waals surface area contributed by atoms with E-state index in [4.69, 9.17) is 9.26 Å². The van der Waals surface area contributed by atoms with Crippen LogP contribution in [0.4, 0.5) is 0 Å². The van der Waals surface area contributed by atoms with Crippen molar-refractivity contribution in [1.82, 2.24) is 14.9 Å². The molecule has 4 rings (SSSR count). The zero-order chi connectivity index (χ0) is 20.4. The maximum atomic E-state index is 12.0. The van der Waals surface area contributed by atoms with E-state index in [0.717, 1.165) is 11.1 Å². The lowest BCUT2D eigenvalue weighted by Crippen LogP contribution is -2.23. The van der Waals surface area contributed by atoms with Gasteiger partial charge in [0, 0.05) is 11.1 Å². The maximum Gasteiger partial charge on any atom is 0.328 e. The summed E-state index contributed by atoms with van der Waals surface area (Å²) < 4.78 is 36.6. The molecule has 0 saturated heterocycles. The molecule has 2 heterocycles. The minimum Gasteiger partial charge on any atom is -0.454 e. The number of hydrogen-bond acceptors (Lipinski definition) is 8. The van der Waals surface area contributed by atoms with Crippen LogP contribution in [0.15, 0.2) is 62.9 Å². The van der Waals surface area contributed by atoms with Gasteiger partial charge in [0.1, 0.15) is 12.4 Å². The number of aryl methyl sites for hydroxylation is 1. The molecule has 3 aromatic rings. The van der Waals surface area contributed by atoms with Crippen LogP contribution in [0.5, 0.6) is 0 Å². The van der Waals surface area contributed by atoms with E-state index in [-0.39, 0.29) is 29.8 Å². The number of carbonyl (C=O) groups is 1. The van der Waals surface area contributed by atoms with Crippen LogP contribution in [0, 0.1) is 6.92 Å². The standard InChI is InChI=1S/C19H16N4O5S/c1-12-6-2-3-7-13(12)19-21-16(28-22-19)11-27-17(24)10-20-18-14-8-4-5-9-15(14)29(25,26)23-18/h2-9H,10-11H2,1H3,(H,20,23). The molecular formula is C19H16N4O5S. The SMILES string of the molecule is Cc1ccccc1-c1noc(COC(=O)CN=C2NS(=O)(=O)c3ccccc32)n1. The van der Waals surface area contributed by atoms with Crippen LogP contribution in [-0.2, 0) is 26.2 Å². The molecule has 148 valence electrons. The summed E-state index contributed by atoms with van der Waals surface area (Å²) in [6.45, 7) is 1.37. The molecule has 29 heavy (non-hydrogen) atoms. The molecule has 0 fully saturated rings. The lowest BCUT2D eigenvalue weighted by Gasteiger charge is -2.01. The van der Waals surface area contributed by atoms with Crippen LogP contribution < -0.4 is 4.72 Å². The minimum absolute atomic E-state index is 0.108. The Hall–Kier alpha value is -3.53. The van der Waals surface area contributed by atoms with Crippen molar-refractivity contribution in [2.45, 2.75) is 18.4 Å². The number of ether oxygens (including phenoxy) is 1. The highest BCUT2D eigenvalue weighted by molar-refractivity contribution is 7.90. The molecule has 0 saturated carbocycles. The number of benzene rings is 2. The third kappa shape index (κ3) is 3.87. The van der Waals surface area contributed by atoms with E-state index in [0.29, 0.717) is 11.4 Å². The van der Waals surface area contributed by atoms with E-state index in [2.05, 4.69) is 19.9 Å². The Morgan fingerprint density at radius 2 is 1.86 bits per heavy atom. The Balaban J connectivity index is 1.38. The summed E-state index contributed by atoms with van der Waals surface area (Å²) in [6, 6.07) is 14.0. The molecule has 1 aromatic heterocycles. The van der Waals surface area contributed by atoms with Gasteiger partial charge in [0.05, 0.1) is 4.90 Å². The van der Waals surface area contributed by atoms with Crippen molar-refractivity contribution < 1.29 is 22.5 Å². The van der Waals surface area contributed by atoms with Gasteiger partial charge in [-0.15, -0.1) is 0 Å². The first-order chi connectivity index (χ1) is 13.9. The molecular weight excluding hydrogens is 396 g/mol. The van der Waals surface area contributed by atoms with Gasteiger partial charge in [-0.2, -0.15) is 4.98 Å². The topological polar surface area (TPSA) is 124 Å². The Bertz CT molecular complexity index is 1220. The van der Waals surface area contributed by atoms with Gasteiger partial charge in [-0.3, -0.25) is 14.5 Å². The molecule has 10 heteroatoms. The molecule has 9 nitrogen and oxygen atoms in total. The highest BCUT2D eigenvalue weighted by Crippen LogP contribution is 2.22. The summed E-state index contributed by atoms with van der Waals surface area (Å²) in [6.07, 6.45) is 0. The lowest BCUT2D eigenvalue weighted by atomic mass is 10.1. The lowest BCUT2D eigenvalue weighted by molar-refractivity contribution is -0.143. The van der Waals surface area contributed by atoms with E-state index < -0.39 is 16.0 Å². The average molecular weight is 412 g/mol. The fourth-order valence-corrected chi connectivity index (χ4v) is 4.08. The second-order valence-electron chi connectivity index (χ2n) is 6.25. The van der Waals surface area contributed by atoms with E-state index in [1.165, 1.54) is 6.07 Å². The van der Waals surface area contributed by atoms with Gasteiger partial charge in [-0.25, -0.2) is 8.42 Å². The summed E-state index contributed by atoms with van der Waals surface area (Å²) in [4.78, 5) is 20.3. The molecule has 0 aliphatic carbocycles. The number of carbonyl (C=O) groups excluding carboxylic acids is 1. The fraction of sp³-hybridized carbons (Fsp3) is 0.158. The smallest absolute Gasteiger partial charge is 0.328 e. The van der Waals surface area contributed by atoms with Crippen molar-refractivity contribution in [2.24, 2.45) is 4.99 Å². The molecule has 0 atom stereocenters. The van der Waals surface area contributed by atoms with E-state index in [1.807, 2.05) is 31.2 Å². The average Bonchev–Trinajstić information content (AvgIpc) is 3.28. The first kappa shape index (κ1) is 18.8. The normalized spacial score (nSPS) is 15.7. The van der Waals surface area contributed by atoms with Crippen molar-refractivity contribution in [2.75, 3.05) is 6.54 Å². The third-order valence-corrected chi connectivity index (χ3v) is 5.64. The summed E-state index contributed by atoms with van der Waals surface area (Å²) in [5, 5.41) is 3.89. The summed E-state index contributed by atoms with van der Waals surface area (Å²) >= 11 is 0. The zero-order valence-electron chi connectivity index (χ0n) is 15.3. The van der Waals surface area contributed by atoms with Gasteiger partial charge in [0.25, 0.3) is 15.9 Å². The second kappa shape index (κ2) is 7.47. The minimum atomic E-state index is -3.65. The number of aliphatic imine (C=N–C) groups is 1. The quantitative estimate of drug-likeness (QED) is 0.634. The molecule has 0 unspecified atom stereocenters. The summed E-state index contributed by atoms with van der Waals surface area (Å²) in [5.74, 6) is 0.0106. The van der Waals surface area contributed by atoms with Crippen LogP contribution in [0.2, 0.25) is 0 Å². The summed E-state index contributed by atoms with van der Waals surface area (Å²) in [5.41, 5.74) is 2.24. The van der Waals surface area contributed by atoms with Crippen molar-refractivity contribution in [1.29, 1.82) is 0 Å². The number of sulfonamides is 1. The number of hydrogen-bond donors (Lipinski definition) is 1. The molecule has 1 N–H and O–H groups in total. The van der Waals surface area contributed by atoms with Crippen molar-refractivity contribution in [3.8, 4) is 11.4 Å². The van der Waals surface area contributed by atoms with Crippen LogP contribution in [-0.4, -0.2) is 36.9 Å². The van der Waals surface area contributed by atoms with Crippen LogP contribution >= 0.6 is 0 Å². The Kier molecular flexibility index (Phi) is 4.85.